The second kappa shape index (κ2) is 6.06. The SMILES string of the molecule is CCCC(=O)C(C)Cc1ccc(Br)cc1. The molecular formula is C13H17BrO. The number of halogens is 1. The van der Waals surface area contributed by atoms with E-state index in [0.717, 1.165) is 17.3 Å². The van der Waals surface area contributed by atoms with Gasteiger partial charge in [0, 0.05) is 16.8 Å². The molecule has 1 aromatic carbocycles. The van der Waals surface area contributed by atoms with Crippen molar-refractivity contribution in [3.05, 3.63) is 34.3 Å². The molecule has 1 rings (SSSR count). The summed E-state index contributed by atoms with van der Waals surface area (Å²) in [6.07, 6.45) is 2.51. The molecule has 0 saturated carbocycles. The highest BCUT2D eigenvalue weighted by atomic mass is 79.9. The van der Waals surface area contributed by atoms with Crippen LogP contribution in [0.1, 0.15) is 32.3 Å². The monoisotopic (exact) mass is 268 g/mol. The topological polar surface area (TPSA) is 17.1 Å². The first-order valence-electron chi connectivity index (χ1n) is 5.40. The van der Waals surface area contributed by atoms with Gasteiger partial charge in [-0.15, -0.1) is 0 Å². The fourth-order valence-electron chi connectivity index (χ4n) is 1.58. The summed E-state index contributed by atoms with van der Waals surface area (Å²) in [6, 6.07) is 8.18. The van der Waals surface area contributed by atoms with Gasteiger partial charge in [0.05, 0.1) is 0 Å². The van der Waals surface area contributed by atoms with Gasteiger partial charge in [-0.2, -0.15) is 0 Å². The van der Waals surface area contributed by atoms with Crippen LogP contribution in [0.2, 0.25) is 0 Å². The molecule has 1 aromatic rings. The summed E-state index contributed by atoms with van der Waals surface area (Å²) in [5, 5.41) is 0. The van der Waals surface area contributed by atoms with Gasteiger partial charge in [0.2, 0.25) is 0 Å². The molecule has 15 heavy (non-hydrogen) atoms. The van der Waals surface area contributed by atoms with Gasteiger partial charge in [-0.05, 0) is 30.5 Å². The standard InChI is InChI=1S/C13H17BrO/c1-3-4-13(15)10(2)9-11-5-7-12(14)8-6-11/h5-8,10H,3-4,9H2,1-2H3. The van der Waals surface area contributed by atoms with E-state index in [1.54, 1.807) is 0 Å². The zero-order valence-corrected chi connectivity index (χ0v) is 10.9. The van der Waals surface area contributed by atoms with Crippen LogP contribution in [0.4, 0.5) is 0 Å². The summed E-state index contributed by atoms with van der Waals surface area (Å²) in [7, 11) is 0. The van der Waals surface area contributed by atoms with Gasteiger partial charge in [-0.3, -0.25) is 4.79 Å². The lowest BCUT2D eigenvalue weighted by Crippen LogP contribution is -2.12. The van der Waals surface area contributed by atoms with Crippen LogP contribution in [-0.4, -0.2) is 5.78 Å². The first-order chi connectivity index (χ1) is 7.13. The van der Waals surface area contributed by atoms with E-state index in [1.165, 1.54) is 5.56 Å². The fraction of sp³-hybridized carbons (Fsp3) is 0.462. The van der Waals surface area contributed by atoms with E-state index in [9.17, 15) is 4.79 Å². The molecule has 0 aliphatic heterocycles. The molecule has 0 spiro atoms. The Balaban J connectivity index is 2.54. The zero-order chi connectivity index (χ0) is 11.3. The minimum atomic E-state index is 0.145. The highest BCUT2D eigenvalue weighted by Gasteiger charge is 2.11. The highest BCUT2D eigenvalue weighted by Crippen LogP contribution is 2.15. The van der Waals surface area contributed by atoms with Crippen molar-refractivity contribution < 1.29 is 4.79 Å². The van der Waals surface area contributed by atoms with E-state index in [2.05, 4.69) is 28.1 Å². The van der Waals surface area contributed by atoms with Crippen molar-refractivity contribution >= 4 is 21.7 Å². The van der Waals surface area contributed by atoms with Gasteiger partial charge in [0.25, 0.3) is 0 Å². The van der Waals surface area contributed by atoms with E-state index < -0.39 is 0 Å². The quantitative estimate of drug-likeness (QED) is 0.789. The predicted molar refractivity (Wildman–Crippen MR) is 66.9 cm³/mol. The first-order valence-corrected chi connectivity index (χ1v) is 6.20. The second-order valence-electron chi connectivity index (χ2n) is 3.95. The number of Topliss-reactive ketones (excluding diaryl/α,β-unsaturated/α-hetero) is 1. The molecule has 1 unspecified atom stereocenters. The third-order valence-corrected chi connectivity index (χ3v) is 3.03. The largest absolute Gasteiger partial charge is 0.299 e. The van der Waals surface area contributed by atoms with Gasteiger partial charge in [0.15, 0.2) is 0 Å². The van der Waals surface area contributed by atoms with E-state index in [0.29, 0.717) is 12.2 Å². The number of rotatable bonds is 5. The summed E-state index contributed by atoms with van der Waals surface area (Å²) >= 11 is 3.40. The van der Waals surface area contributed by atoms with Crippen molar-refractivity contribution in [3.8, 4) is 0 Å². The normalized spacial score (nSPS) is 12.5. The summed E-state index contributed by atoms with van der Waals surface area (Å²) < 4.78 is 1.08. The van der Waals surface area contributed by atoms with Crippen molar-refractivity contribution in [2.24, 2.45) is 5.92 Å². The molecule has 2 heteroatoms. The fourth-order valence-corrected chi connectivity index (χ4v) is 1.85. The lowest BCUT2D eigenvalue weighted by atomic mass is 9.95. The Morgan fingerprint density at radius 1 is 1.33 bits per heavy atom. The Morgan fingerprint density at radius 2 is 1.93 bits per heavy atom. The van der Waals surface area contributed by atoms with Gasteiger partial charge < -0.3 is 0 Å². The van der Waals surface area contributed by atoms with Crippen molar-refractivity contribution in [2.75, 3.05) is 0 Å². The lowest BCUT2D eigenvalue weighted by Gasteiger charge is -2.09. The van der Waals surface area contributed by atoms with Crippen LogP contribution < -0.4 is 0 Å². The number of carbonyl (C=O) groups excluding carboxylic acids is 1. The number of benzene rings is 1. The molecule has 0 N–H and O–H groups in total. The van der Waals surface area contributed by atoms with E-state index >= 15 is 0 Å². The zero-order valence-electron chi connectivity index (χ0n) is 9.29. The summed E-state index contributed by atoms with van der Waals surface area (Å²) in [6.45, 7) is 4.06. The Kier molecular flexibility index (Phi) is 5.03. The molecule has 0 aliphatic rings. The Bertz CT molecular complexity index is 316. The number of hydrogen-bond donors (Lipinski definition) is 0. The molecule has 0 amide bonds. The van der Waals surface area contributed by atoms with Crippen molar-refractivity contribution in [2.45, 2.75) is 33.1 Å². The van der Waals surface area contributed by atoms with Crippen LogP contribution in [0, 0.1) is 5.92 Å². The van der Waals surface area contributed by atoms with Crippen molar-refractivity contribution in [1.29, 1.82) is 0 Å². The molecule has 0 heterocycles. The molecule has 0 aliphatic carbocycles. The van der Waals surface area contributed by atoms with Crippen LogP contribution in [0.5, 0.6) is 0 Å². The minimum Gasteiger partial charge on any atom is -0.299 e. The predicted octanol–water partition coefficient (Wildman–Crippen LogP) is 4.00. The van der Waals surface area contributed by atoms with Crippen LogP contribution in [0.25, 0.3) is 0 Å². The molecular weight excluding hydrogens is 252 g/mol. The maximum atomic E-state index is 11.6. The van der Waals surface area contributed by atoms with E-state index in [4.69, 9.17) is 0 Å². The molecule has 0 aromatic heterocycles. The molecule has 0 saturated heterocycles. The molecule has 1 atom stereocenters. The molecule has 82 valence electrons. The number of ketones is 1. The van der Waals surface area contributed by atoms with Gasteiger partial charge in [0.1, 0.15) is 5.78 Å². The minimum absolute atomic E-state index is 0.145. The van der Waals surface area contributed by atoms with E-state index in [1.807, 2.05) is 26.0 Å². The van der Waals surface area contributed by atoms with Crippen molar-refractivity contribution in [1.82, 2.24) is 0 Å². The summed E-state index contributed by atoms with van der Waals surface area (Å²) in [4.78, 5) is 11.6. The third kappa shape index (κ3) is 4.17. The van der Waals surface area contributed by atoms with Crippen LogP contribution in [-0.2, 0) is 11.2 Å². The Hall–Kier alpha value is -0.630. The van der Waals surface area contributed by atoms with Crippen molar-refractivity contribution in [3.63, 3.8) is 0 Å². The average molecular weight is 269 g/mol. The van der Waals surface area contributed by atoms with Crippen LogP contribution >= 0.6 is 15.9 Å². The second-order valence-corrected chi connectivity index (χ2v) is 4.86. The third-order valence-electron chi connectivity index (χ3n) is 2.50. The number of carbonyl (C=O) groups is 1. The summed E-state index contributed by atoms with van der Waals surface area (Å²) in [5.41, 5.74) is 1.23. The maximum absolute atomic E-state index is 11.6. The van der Waals surface area contributed by atoms with Gasteiger partial charge in [-0.1, -0.05) is 41.9 Å². The maximum Gasteiger partial charge on any atom is 0.136 e. The van der Waals surface area contributed by atoms with Crippen LogP contribution in [0.3, 0.4) is 0 Å². The van der Waals surface area contributed by atoms with Gasteiger partial charge in [-0.25, -0.2) is 0 Å². The summed E-state index contributed by atoms with van der Waals surface area (Å²) in [5.74, 6) is 0.520. The Morgan fingerprint density at radius 3 is 2.47 bits per heavy atom. The van der Waals surface area contributed by atoms with Gasteiger partial charge >= 0.3 is 0 Å². The molecule has 0 radical (unpaired) electrons. The van der Waals surface area contributed by atoms with E-state index in [-0.39, 0.29) is 5.92 Å². The van der Waals surface area contributed by atoms with Crippen LogP contribution in [0.15, 0.2) is 28.7 Å². The average Bonchev–Trinajstić information content (AvgIpc) is 2.22. The first kappa shape index (κ1) is 12.4. The lowest BCUT2D eigenvalue weighted by molar-refractivity contribution is -0.122. The smallest absolute Gasteiger partial charge is 0.136 e. The highest BCUT2D eigenvalue weighted by molar-refractivity contribution is 9.10. The number of hydrogen-bond acceptors (Lipinski definition) is 1. The molecule has 1 nitrogen and oxygen atoms in total. The molecule has 0 bridgehead atoms. The Labute approximate surface area is 100 Å². The molecule has 0 fully saturated rings.